The van der Waals surface area contributed by atoms with E-state index in [0.717, 1.165) is 0 Å². The molecule has 2 heteroatoms. The van der Waals surface area contributed by atoms with Crippen molar-refractivity contribution in [3.8, 4) is 0 Å². The van der Waals surface area contributed by atoms with E-state index in [0.29, 0.717) is 0 Å². The Balaban J connectivity index is 3.19. The maximum absolute atomic E-state index is 3.79. The largest absolute Gasteiger partial charge is 0.353 e. The summed E-state index contributed by atoms with van der Waals surface area (Å²) in [6.07, 6.45) is 6.66. The molecule has 44 valence electrons. The van der Waals surface area contributed by atoms with Gasteiger partial charge in [0.1, 0.15) is 0 Å². The molecule has 8 heavy (non-hydrogen) atoms. The molecule has 0 fully saturated rings. The molecule has 0 bridgehead atoms. The lowest BCUT2D eigenvalue weighted by Crippen LogP contribution is -1.97. The normalized spacial score (nSPS) is 10.6. The molecule has 0 atom stereocenters. The third kappa shape index (κ3) is 4.95. The van der Waals surface area contributed by atoms with Gasteiger partial charge in [0.2, 0.25) is 0 Å². The molecule has 0 aromatic heterocycles. The first-order valence-corrected chi connectivity index (χ1v) is 2.41. The van der Waals surface area contributed by atoms with Gasteiger partial charge in [-0.3, -0.25) is 0 Å². The third-order valence-corrected chi connectivity index (χ3v) is 0.502. The second kappa shape index (κ2) is 5.95. The number of allylic oxidation sites excluding steroid dienone is 1. The fraction of sp³-hybridized carbons (Fsp3) is 0.167. The predicted molar refractivity (Wildman–Crippen MR) is 36.6 cm³/mol. The number of nitrogens with zero attached hydrogens (tertiary/aromatic N) is 1. The highest BCUT2D eigenvalue weighted by Gasteiger charge is 1.57. The summed E-state index contributed by atoms with van der Waals surface area (Å²) in [5.41, 5.74) is 0. The van der Waals surface area contributed by atoms with Crippen molar-refractivity contribution in [2.45, 2.75) is 6.92 Å². The Morgan fingerprint density at radius 2 is 2.38 bits per heavy atom. The summed E-state index contributed by atoms with van der Waals surface area (Å²) in [5, 5.41) is 2.70. The van der Waals surface area contributed by atoms with Gasteiger partial charge in [-0.05, 0) is 13.1 Å². The van der Waals surface area contributed by atoms with Crippen molar-refractivity contribution in [1.29, 1.82) is 0 Å². The summed E-state index contributed by atoms with van der Waals surface area (Å²) < 4.78 is 0. The Kier molecular flexibility index (Phi) is 5.17. The van der Waals surface area contributed by atoms with Gasteiger partial charge < -0.3 is 5.32 Å². The Morgan fingerprint density at radius 3 is 2.88 bits per heavy atom. The average Bonchev–Trinajstić information content (AvgIpc) is 1.81. The summed E-state index contributed by atoms with van der Waals surface area (Å²) >= 11 is 0. The molecule has 2 nitrogen and oxygen atoms in total. The molecule has 0 unspecified atom stereocenters. The molecule has 0 aliphatic carbocycles. The lowest BCUT2D eigenvalue weighted by molar-refractivity contribution is 1.31. The van der Waals surface area contributed by atoms with Crippen LogP contribution >= 0.6 is 0 Å². The van der Waals surface area contributed by atoms with Gasteiger partial charge in [-0.15, -0.1) is 0 Å². The van der Waals surface area contributed by atoms with E-state index >= 15 is 0 Å². The van der Waals surface area contributed by atoms with E-state index in [1.807, 2.05) is 13.0 Å². The van der Waals surface area contributed by atoms with E-state index in [9.17, 15) is 0 Å². The summed E-state index contributed by atoms with van der Waals surface area (Å²) in [6.45, 7) is 5.34. The summed E-state index contributed by atoms with van der Waals surface area (Å²) in [6, 6.07) is 0. The molecular formula is C6H10N2. The van der Waals surface area contributed by atoms with Crippen LogP contribution in [-0.4, -0.2) is 6.34 Å². The molecule has 0 radical (unpaired) electrons. The topological polar surface area (TPSA) is 24.4 Å². The van der Waals surface area contributed by atoms with Crippen molar-refractivity contribution in [1.82, 2.24) is 5.32 Å². The minimum atomic E-state index is 1.56. The zero-order chi connectivity index (χ0) is 6.24. The van der Waals surface area contributed by atoms with Gasteiger partial charge in [-0.25, -0.2) is 4.99 Å². The first-order valence-electron chi connectivity index (χ1n) is 2.41. The third-order valence-electron chi connectivity index (χ3n) is 0.502. The zero-order valence-electron chi connectivity index (χ0n) is 4.96. The Labute approximate surface area is 49.6 Å². The van der Waals surface area contributed by atoms with Crippen LogP contribution in [0, 0.1) is 0 Å². The molecule has 0 saturated carbocycles. The van der Waals surface area contributed by atoms with Crippen LogP contribution in [0.1, 0.15) is 6.92 Å². The van der Waals surface area contributed by atoms with Gasteiger partial charge in [0.05, 0.1) is 6.34 Å². The summed E-state index contributed by atoms with van der Waals surface area (Å²) in [5.74, 6) is 0. The van der Waals surface area contributed by atoms with Gasteiger partial charge >= 0.3 is 0 Å². The maximum atomic E-state index is 3.79. The second-order valence-electron chi connectivity index (χ2n) is 1.13. The maximum Gasteiger partial charge on any atom is 0.0918 e. The van der Waals surface area contributed by atoms with Crippen LogP contribution in [0.25, 0.3) is 0 Å². The Bertz CT molecular complexity index is 103. The van der Waals surface area contributed by atoms with Crippen LogP contribution < -0.4 is 5.32 Å². The highest BCUT2D eigenvalue weighted by molar-refractivity contribution is 5.56. The Hall–Kier alpha value is -1.05. The summed E-state index contributed by atoms with van der Waals surface area (Å²) in [4.78, 5) is 3.79. The molecule has 0 saturated heterocycles. The average molecular weight is 110 g/mol. The minimum Gasteiger partial charge on any atom is -0.353 e. The fourth-order valence-electron chi connectivity index (χ4n) is 0.225. The number of nitrogens with one attached hydrogen (secondary N) is 1. The molecule has 0 aromatic rings. The van der Waals surface area contributed by atoms with Crippen LogP contribution in [-0.2, 0) is 0 Å². The van der Waals surface area contributed by atoms with Crippen molar-refractivity contribution < 1.29 is 0 Å². The highest BCUT2D eigenvalue weighted by Crippen LogP contribution is 1.67. The van der Waals surface area contributed by atoms with Gasteiger partial charge in [0, 0.05) is 6.20 Å². The molecule has 0 rings (SSSR count). The quantitative estimate of drug-likeness (QED) is 0.429. The number of hydrogen-bond donors (Lipinski definition) is 1. The van der Waals surface area contributed by atoms with Crippen LogP contribution in [0.5, 0.6) is 0 Å². The standard InChI is InChI=1S/C6H10N2/c1-3-5-8-6-7-4-2/h3-6H,2H2,1H3,(H,7,8)/b5-3-. The van der Waals surface area contributed by atoms with Crippen LogP contribution in [0.15, 0.2) is 30.0 Å². The number of aliphatic imine (C=N–C) groups is 1. The van der Waals surface area contributed by atoms with E-state index < -0.39 is 0 Å². The van der Waals surface area contributed by atoms with Crippen molar-refractivity contribution >= 4 is 6.34 Å². The highest BCUT2D eigenvalue weighted by atomic mass is 14.9. The van der Waals surface area contributed by atoms with E-state index in [4.69, 9.17) is 0 Å². The number of rotatable bonds is 3. The molecule has 0 aliphatic rings. The zero-order valence-corrected chi connectivity index (χ0v) is 4.96. The molecule has 0 aliphatic heterocycles. The van der Waals surface area contributed by atoms with Crippen molar-refractivity contribution in [2.75, 3.05) is 0 Å². The molecule has 0 heterocycles. The van der Waals surface area contributed by atoms with E-state index in [1.165, 1.54) is 0 Å². The lowest BCUT2D eigenvalue weighted by Gasteiger charge is -1.80. The van der Waals surface area contributed by atoms with Gasteiger partial charge in [-0.1, -0.05) is 12.7 Å². The van der Waals surface area contributed by atoms with E-state index in [-0.39, 0.29) is 0 Å². The number of hydrogen-bond acceptors (Lipinski definition) is 1. The van der Waals surface area contributed by atoms with Crippen LogP contribution in [0.4, 0.5) is 0 Å². The van der Waals surface area contributed by atoms with Gasteiger partial charge in [0.15, 0.2) is 0 Å². The molecule has 0 spiro atoms. The fourth-order valence-corrected chi connectivity index (χ4v) is 0.225. The molecule has 0 amide bonds. The predicted octanol–water partition coefficient (Wildman–Crippen LogP) is 1.28. The second-order valence-corrected chi connectivity index (χ2v) is 1.13. The molecule has 0 aromatic carbocycles. The first-order chi connectivity index (χ1) is 3.91. The van der Waals surface area contributed by atoms with Gasteiger partial charge in [0.25, 0.3) is 0 Å². The SMILES string of the molecule is C=CNC=N/C=C\C. The van der Waals surface area contributed by atoms with Crippen molar-refractivity contribution in [3.05, 3.63) is 25.1 Å². The first kappa shape index (κ1) is 6.95. The molecule has 1 N–H and O–H groups in total. The monoisotopic (exact) mass is 110 g/mol. The minimum absolute atomic E-state index is 1.56. The van der Waals surface area contributed by atoms with Crippen molar-refractivity contribution in [3.63, 3.8) is 0 Å². The smallest absolute Gasteiger partial charge is 0.0918 e. The van der Waals surface area contributed by atoms with Crippen LogP contribution in [0.2, 0.25) is 0 Å². The lowest BCUT2D eigenvalue weighted by atomic mass is 10.7. The summed E-state index contributed by atoms with van der Waals surface area (Å²) in [7, 11) is 0. The van der Waals surface area contributed by atoms with E-state index in [1.54, 1.807) is 18.7 Å². The Morgan fingerprint density at radius 1 is 1.62 bits per heavy atom. The van der Waals surface area contributed by atoms with E-state index in [2.05, 4.69) is 16.9 Å². The molecular weight excluding hydrogens is 100 g/mol. The van der Waals surface area contributed by atoms with Crippen molar-refractivity contribution in [2.24, 2.45) is 4.99 Å². The van der Waals surface area contributed by atoms with Gasteiger partial charge in [-0.2, -0.15) is 0 Å². The van der Waals surface area contributed by atoms with Crippen LogP contribution in [0.3, 0.4) is 0 Å².